The SMILES string of the molecule is COc1ccc(S(=O)(=O)N(CC(=O)NN=C(C)C)c2ccc(Cl)cc2)cc1. The molecular formula is C18H20ClN3O4S. The highest BCUT2D eigenvalue weighted by Gasteiger charge is 2.27. The molecule has 0 unspecified atom stereocenters. The van der Waals surface area contributed by atoms with Gasteiger partial charge in [0, 0.05) is 10.7 Å². The summed E-state index contributed by atoms with van der Waals surface area (Å²) in [5.41, 5.74) is 3.28. The van der Waals surface area contributed by atoms with Gasteiger partial charge in [0.1, 0.15) is 12.3 Å². The van der Waals surface area contributed by atoms with Crippen LogP contribution in [0, 0.1) is 0 Å². The van der Waals surface area contributed by atoms with Crippen LogP contribution in [0.15, 0.2) is 58.5 Å². The van der Waals surface area contributed by atoms with Gasteiger partial charge in [-0.2, -0.15) is 5.10 Å². The first kappa shape index (κ1) is 20.7. The molecule has 0 radical (unpaired) electrons. The summed E-state index contributed by atoms with van der Waals surface area (Å²) in [5.74, 6) is -0.0410. The van der Waals surface area contributed by atoms with E-state index in [0.717, 1.165) is 4.31 Å². The number of hydrazone groups is 1. The Kier molecular flexibility index (Phi) is 6.81. The monoisotopic (exact) mass is 409 g/mol. The number of carbonyl (C=O) groups is 1. The number of sulfonamides is 1. The molecular weight excluding hydrogens is 390 g/mol. The predicted octanol–water partition coefficient (Wildman–Crippen LogP) is 3.06. The Morgan fingerprint density at radius 1 is 1.11 bits per heavy atom. The Morgan fingerprint density at radius 3 is 2.22 bits per heavy atom. The third kappa shape index (κ3) is 5.45. The van der Waals surface area contributed by atoms with Gasteiger partial charge in [0.15, 0.2) is 0 Å². The van der Waals surface area contributed by atoms with E-state index in [1.54, 1.807) is 26.0 Å². The third-order valence-corrected chi connectivity index (χ3v) is 5.49. The first-order valence-electron chi connectivity index (χ1n) is 7.96. The summed E-state index contributed by atoms with van der Waals surface area (Å²) >= 11 is 5.89. The van der Waals surface area contributed by atoms with E-state index in [1.807, 2.05) is 0 Å². The van der Waals surface area contributed by atoms with Gasteiger partial charge in [0.25, 0.3) is 15.9 Å². The molecule has 1 N–H and O–H groups in total. The van der Waals surface area contributed by atoms with E-state index in [1.165, 1.54) is 43.5 Å². The van der Waals surface area contributed by atoms with Crippen molar-refractivity contribution < 1.29 is 17.9 Å². The van der Waals surface area contributed by atoms with Crippen molar-refractivity contribution in [2.45, 2.75) is 18.7 Å². The summed E-state index contributed by atoms with van der Waals surface area (Å²) in [4.78, 5) is 12.2. The second kappa shape index (κ2) is 8.88. The largest absolute Gasteiger partial charge is 0.497 e. The van der Waals surface area contributed by atoms with Crippen LogP contribution >= 0.6 is 11.6 Å². The molecule has 0 spiro atoms. The highest BCUT2D eigenvalue weighted by molar-refractivity contribution is 7.92. The lowest BCUT2D eigenvalue weighted by Crippen LogP contribution is -2.39. The number of nitrogens with one attached hydrogen (secondary N) is 1. The fraction of sp³-hybridized carbons (Fsp3) is 0.222. The Bertz CT molecular complexity index is 922. The van der Waals surface area contributed by atoms with Crippen LogP contribution < -0.4 is 14.5 Å². The predicted molar refractivity (Wildman–Crippen MR) is 106 cm³/mol. The first-order valence-corrected chi connectivity index (χ1v) is 9.78. The summed E-state index contributed by atoms with van der Waals surface area (Å²) in [5, 5.41) is 4.28. The van der Waals surface area contributed by atoms with Gasteiger partial charge < -0.3 is 4.74 Å². The molecule has 0 fully saturated rings. The number of halogens is 1. The highest BCUT2D eigenvalue weighted by Crippen LogP contribution is 2.26. The Labute approximate surface area is 163 Å². The van der Waals surface area contributed by atoms with Gasteiger partial charge in [-0.25, -0.2) is 13.8 Å². The molecule has 2 aromatic rings. The normalized spacial score (nSPS) is 10.8. The van der Waals surface area contributed by atoms with Gasteiger partial charge in [0.2, 0.25) is 0 Å². The fourth-order valence-electron chi connectivity index (χ4n) is 2.14. The van der Waals surface area contributed by atoms with Crippen LogP contribution in [-0.2, 0) is 14.8 Å². The van der Waals surface area contributed by atoms with E-state index in [2.05, 4.69) is 10.5 Å². The number of hydrogen-bond donors (Lipinski definition) is 1. The Hall–Kier alpha value is -2.58. The maximum absolute atomic E-state index is 13.1. The van der Waals surface area contributed by atoms with Gasteiger partial charge in [-0.05, 0) is 62.4 Å². The second-order valence-corrected chi connectivity index (χ2v) is 8.06. The molecule has 144 valence electrons. The van der Waals surface area contributed by atoms with E-state index >= 15 is 0 Å². The van der Waals surface area contributed by atoms with Crippen LogP contribution in [0.2, 0.25) is 5.02 Å². The molecule has 0 aliphatic carbocycles. The van der Waals surface area contributed by atoms with Gasteiger partial charge in [-0.3, -0.25) is 9.10 Å². The third-order valence-electron chi connectivity index (χ3n) is 3.45. The molecule has 0 heterocycles. The Morgan fingerprint density at radius 2 is 1.70 bits per heavy atom. The zero-order valence-electron chi connectivity index (χ0n) is 15.1. The van der Waals surface area contributed by atoms with Gasteiger partial charge in [0.05, 0.1) is 17.7 Å². The number of anilines is 1. The van der Waals surface area contributed by atoms with Gasteiger partial charge in [-0.1, -0.05) is 11.6 Å². The van der Waals surface area contributed by atoms with Crippen LogP contribution in [-0.4, -0.2) is 33.7 Å². The lowest BCUT2D eigenvalue weighted by molar-refractivity contribution is -0.119. The quantitative estimate of drug-likeness (QED) is 0.562. The maximum atomic E-state index is 13.1. The molecule has 0 saturated carbocycles. The fourth-order valence-corrected chi connectivity index (χ4v) is 3.68. The minimum atomic E-state index is -4.00. The molecule has 2 aromatic carbocycles. The number of nitrogens with zero attached hydrogens (tertiary/aromatic N) is 2. The molecule has 27 heavy (non-hydrogen) atoms. The minimum absolute atomic E-state index is 0.0289. The van der Waals surface area contributed by atoms with Gasteiger partial charge in [-0.15, -0.1) is 0 Å². The van der Waals surface area contributed by atoms with Crippen molar-refractivity contribution in [2.24, 2.45) is 5.10 Å². The molecule has 0 aromatic heterocycles. The van der Waals surface area contributed by atoms with Crippen molar-refractivity contribution in [3.8, 4) is 5.75 Å². The molecule has 0 atom stereocenters. The van der Waals surface area contributed by atoms with Crippen LogP contribution in [0.5, 0.6) is 5.75 Å². The zero-order chi connectivity index (χ0) is 20.0. The average molecular weight is 410 g/mol. The topological polar surface area (TPSA) is 88.1 Å². The number of methoxy groups -OCH3 is 1. The first-order chi connectivity index (χ1) is 12.7. The molecule has 0 saturated heterocycles. The van der Waals surface area contributed by atoms with E-state index in [4.69, 9.17) is 16.3 Å². The van der Waals surface area contributed by atoms with Crippen molar-refractivity contribution >= 4 is 38.9 Å². The maximum Gasteiger partial charge on any atom is 0.264 e. The van der Waals surface area contributed by atoms with Crippen LogP contribution in [0.4, 0.5) is 5.69 Å². The van der Waals surface area contributed by atoms with Crippen LogP contribution in [0.3, 0.4) is 0 Å². The van der Waals surface area contributed by atoms with Crippen molar-refractivity contribution in [2.75, 3.05) is 18.0 Å². The van der Waals surface area contributed by atoms with E-state index in [9.17, 15) is 13.2 Å². The van der Waals surface area contributed by atoms with Crippen molar-refractivity contribution in [3.63, 3.8) is 0 Å². The van der Waals surface area contributed by atoms with Crippen LogP contribution in [0.1, 0.15) is 13.8 Å². The molecule has 2 rings (SSSR count). The minimum Gasteiger partial charge on any atom is -0.497 e. The molecule has 9 heteroatoms. The van der Waals surface area contributed by atoms with Crippen molar-refractivity contribution in [1.82, 2.24) is 5.43 Å². The number of hydrogen-bond acceptors (Lipinski definition) is 5. The Balaban J connectivity index is 2.41. The van der Waals surface area contributed by atoms with Gasteiger partial charge >= 0.3 is 0 Å². The number of rotatable bonds is 7. The standard InChI is InChI=1S/C18H20ClN3O4S/c1-13(2)20-21-18(23)12-22(15-6-4-14(19)5-7-15)27(24,25)17-10-8-16(26-3)9-11-17/h4-11H,12H2,1-3H3,(H,21,23). The van der Waals surface area contributed by atoms with E-state index in [0.29, 0.717) is 22.2 Å². The molecule has 7 nitrogen and oxygen atoms in total. The van der Waals surface area contributed by atoms with Crippen LogP contribution in [0.25, 0.3) is 0 Å². The average Bonchev–Trinajstić information content (AvgIpc) is 2.65. The van der Waals surface area contributed by atoms with Crippen molar-refractivity contribution in [3.05, 3.63) is 53.6 Å². The smallest absolute Gasteiger partial charge is 0.264 e. The zero-order valence-corrected chi connectivity index (χ0v) is 16.7. The second-order valence-electron chi connectivity index (χ2n) is 5.76. The number of carbonyl (C=O) groups excluding carboxylic acids is 1. The van der Waals surface area contributed by atoms with E-state index < -0.39 is 22.5 Å². The number of ether oxygens (including phenoxy) is 1. The summed E-state index contributed by atoms with van der Waals surface area (Å²) in [6.07, 6.45) is 0. The molecule has 0 bridgehead atoms. The van der Waals surface area contributed by atoms with E-state index in [-0.39, 0.29) is 4.90 Å². The summed E-state index contributed by atoms with van der Waals surface area (Å²) in [6, 6.07) is 12.1. The lowest BCUT2D eigenvalue weighted by atomic mass is 10.3. The number of amides is 1. The molecule has 0 aliphatic heterocycles. The summed E-state index contributed by atoms with van der Waals surface area (Å²) < 4.78 is 32.3. The highest BCUT2D eigenvalue weighted by atomic mass is 35.5. The number of benzene rings is 2. The summed E-state index contributed by atoms with van der Waals surface area (Å²) in [6.45, 7) is 2.99. The van der Waals surface area contributed by atoms with Crippen molar-refractivity contribution in [1.29, 1.82) is 0 Å². The summed E-state index contributed by atoms with van der Waals surface area (Å²) in [7, 11) is -2.51. The molecule has 1 amide bonds. The lowest BCUT2D eigenvalue weighted by Gasteiger charge is -2.23. The molecule has 0 aliphatic rings.